The number of aromatic nitrogens is 2. The van der Waals surface area contributed by atoms with Gasteiger partial charge in [-0.15, -0.1) is 0 Å². The van der Waals surface area contributed by atoms with Gasteiger partial charge in [0.1, 0.15) is 11.0 Å². The number of hydrogen-bond acceptors (Lipinski definition) is 7. The molecular formula is C11H12ClN3O3S. The zero-order valence-corrected chi connectivity index (χ0v) is 12.0. The van der Waals surface area contributed by atoms with E-state index in [0.29, 0.717) is 34.0 Å². The zero-order valence-electron chi connectivity index (χ0n) is 10.4. The standard InChI is InChI=1S/C11H12ClN3O3S/c1-17-10(16)6-4-18-5-7(6)13-9-3-8(12)14-11(15-9)19-2/h3H,4-5H2,1-2H3,(H,13,14,15). The molecule has 2 rings (SSSR count). The Labute approximate surface area is 119 Å². The third-order valence-corrected chi connectivity index (χ3v) is 3.17. The molecule has 102 valence electrons. The Morgan fingerprint density at radius 3 is 3.00 bits per heavy atom. The molecule has 8 heteroatoms. The van der Waals surface area contributed by atoms with E-state index in [9.17, 15) is 4.79 Å². The Bertz CT molecular complexity index is 536. The van der Waals surface area contributed by atoms with Crippen molar-refractivity contribution in [2.24, 2.45) is 0 Å². The Morgan fingerprint density at radius 1 is 1.53 bits per heavy atom. The molecule has 0 fully saturated rings. The highest BCUT2D eigenvalue weighted by atomic mass is 35.5. The van der Waals surface area contributed by atoms with Gasteiger partial charge in [0, 0.05) is 6.07 Å². The molecule has 1 aromatic rings. The van der Waals surface area contributed by atoms with Gasteiger partial charge in [-0.1, -0.05) is 23.4 Å². The second-order valence-electron chi connectivity index (χ2n) is 3.63. The number of halogens is 1. The van der Waals surface area contributed by atoms with Crippen molar-refractivity contribution in [3.05, 3.63) is 22.5 Å². The van der Waals surface area contributed by atoms with Gasteiger partial charge in [-0.25, -0.2) is 14.8 Å². The van der Waals surface area contributed by atoms with Crippen molar-refractivity contribution in [2.45, 2.75) is 5.16 Å². The minimum Gasteiger partial charge on any atom is -0.466 e. The van der Waals surface area contributed by atoms with Gasteiger partial charge in [-0.3, -0.25) is 0 Å². The number of nitrogens with zero attached hydrogens (tertiary/aromatic N) is 2. The van der Waals surface area contributed by atoms with E-state index in [2.05, 4.69) is 15.3 Å². The van der Waals surface area contributed by atoms with Crippen LogP contribution in [0.1, 0.15) is 0 Å². The maximum absolute atomic E-state index is 11.5. The number of anilines is 1. The average molecular weight is 302 g/mol. The molecule has 0 aromatic carbocycles. The van der Waals surface area contributed by atoms with E-state index in [1.165, 1.54) is 18.9 Å². The summed E-state index contributed by atoms with van der Waals surface area (Å²) in [6.45, 7) is 0.532. The SMILES string of the molecule is COC(=O)C1=C(Nc2cc(Cl)nc(SC)n2)COC1. The van der Waals surface area contributed by atoms with E-state index >= 15 is 0 Å². The van der Waals surface area contributed by atoms with Gasteiger partial charge in [0.05, 0.1) is 31.6 Å². The van der Waals surface area contributed by atoms with Crippen molar-refractivity contribution in [3.8, 4) is 0 Å². The zero-order chi connectivity index (χ0) is 13.8. The summed E-state index contributed by atoms with van der Waals surface area (Å²) in [5, 5.41) is 3.91. The Hall–Kier alpha value is -1.31. The largest absolute Gasteiger partial charge is 0.466 e. The maximum Gasteiger partial charge on any atom is 0.337 e. The molecule has 0 radical (unpaired) electrons. The summed E-state index contributed by atoms with van der Waals surface area (Å²) in [6.07, 6.45) is 1.85. The minimum atomic E-state index is -0.412. The lowest BCUT2D eigenvalue weighted by Crippen LogP contribution is -2.12. The molecule has 1 aromatic heterocycles. The molecule has 0 aliphatic carbocycles. The minimum absolute atomic E-state index is 0.225. The fourth-order valence-electron chi connectivity index (χ4n) is 1.55. The highest BCUT2D eigenvalue weighted by Crippen LogP contribution is 2.21. The Kier molecular flexibility index (Phi) is 4.62. The smallest absolute Gasteiger partial charge is 0.337 e. The second kappa shape index (κ2) is 6.23. The number of thioether (sulfide) groups is 1. The first-order chi connectivity index (χ1) is 9.13. The van der Waals surface area contributed by atoms with Gasteiger partial charge in [-0.05, 0) is 6.26 Å². The summed E-state index contributed by atoms with van der Waals surface area (Å²) in [5.41, 5.74) is 1.09. The summed E-state index contributed by atoms with van der Waals surface area (Å²) < 4.78 is 9.92. The number of rotatable bonds is 4. The predicted octanol–water partition coefficient (Wildman–Crippen LogP) is 1.72. The van der Waals surface area contributed by atoms with Crippen LogP contribution in [0.4, 0.5) is 5.82 Å². The van der Waals surface area contributed by atoms with E-state index in [1.807, 2.05) is 6.26 Å². The number of carbonyl (C=O) groups is 1. The molecule has 1 aliphatic rings. The molecule has 0 saturated carbocycles. The van der Waals surface area contributed by atoms with Crippen LogP contribution in [0.3, 0.4) is 0 Å². The highest BCUT2D eigenvalue weighted by Gasteiger charge is 2.22. The lowest BCUT2D eigenvalue weighted by atomic mass is 10.2. The molecule has 0 bridgehead atoms. The first-order valence-corrected chi connectivity index (χ1v) is 6.98. The molecular weight excluding hydrogens is 290 g/mol. The van der Waals surface area contributed by atoms with E-state index in [-0.39, 0.29) is 6.61 Å². The first-order valence-electron chi connectivity index (χ1n) is 5.37. The van der Waals surface area contributed by atoms with Crippen LogP contribution in [0.15, 0.2) is 22.5 Å². The Morgan fingerprint density at radius 2 is 2.32 bits per heavy atom. The van der Waals surface area contributed by atoms with Crippen LogP contribution in [0.2, 0.25) is 5.15 Å². The summed E-state index contributed by atoms with van der Waals surface area (Å²) in [4.78, 5) is 19.8. The molecule has 0 unspecified atom stereocenters. The lowest BCUT2D eigenvalue weighted by molar-refractivity contribution is -0.136. The van der Waals surface area contributed by atoms with Crippen LogP contribution in [0.25, 0.3) is 0 Å². The van der Waals surface area contributed by atoms with Crippen molar-refractivity contribution in [2.75, 3.05) is 31.9 Å². The fraction of sp³-hybridized carbons (Fsp3) is 0.364. The van der Waals surface area contributed by atoms with Gasteiger partial charge in [0.15, 0.2) is 5.16 Å². The van der Waals surface area contributed by atoms with Crippen LogP contribution < -0.4 is 5.32 Å². The van der Waals surface area contributed by atoms with Gasteiger partial charge >= 0.3 is 5.97 Å². The number of esters is 1. The normalized spacial score (nSPS) is 14.7. The lowest BCUT2D eigenvalue weighted by Gasteiger charge is -2.08. The van der Waals surface area contributed by atoms with Crippen LogP contribution in [-0.4, -0.2) is 42.5 Å². The van der Waals surface area contributed by atoms with Crippen LogP contribution in [0, 0.1) is 0 Å². The maximum atomic E-state index is 11.5. The van der Waals surface area contributed by atoms with Crippen molar-refractivity contribution >= 4 is 35.1 Å². The number of methoxy groups -OCH3 is 1. The van der Waals surface area contributed by atoms with Crippen molar-refractivity contribution in [1.82, 2.24) is 9.97 Å². The summed E-state index contributed by atoms with van der Waals surface area (Å²) in [7, 11) is 1.33. The molecule has 0 atom stereocenters. The van der Waals surface area contributed by atoms with E-state index in [4.69, 9.17) is 21.1 Å². The highest BCUT2D eigenvalue weighted by molar-refractivity contribution is 7.98. The number of carbonyl (C=O) groups excluding carboxylic acids is 1. The molecule has 2 heterocycles. The molecule has 6 nitrogen and oxygen atoms in total. The Balaban J connectivity index is 2.25. The van der Waals surface area contributed by atoms with Crippen LogP contribution >= 0.6 is 23.4 Å². The van der Waals surface area contributed by atoms with Gasteiger partial charge in [0.2, 0.25) is 0 Å². The predicted molar refractivity (Wildman–Crippen MR) is 72.3 cm³/mol. The number of ether oxygens (including phenoxy) is 2. The fourth-order valence-corrected chi connectivity index (χ4v) is 2.17. The van der Waals surface area contributed by atoms with Gasteiger partial charge < -0.3 is 14.8 Å². The monoisotopic (exact) mass is 301 g/mol. The number of hydrogen-bond donors (Lipinski definition) is 1. The second-order valence-corrected chi connectivity index (χ2v) is 4.79. The van der Waals surface area contributed by atoms with E-state index < -0.39 is 5.97 Å². The quantitative estimate of drug-likeness (QED) is 0.393. The summed E-state index contributed by atoms with van der Waals surface area (Å²) >= 11 is 7.28. The molecule has 1 aliphatic heterocycles. The summed E-state index contributed by atoms with van der Waals surface area (Å²) in [6, 6.07) is 1.58. The molecule has 0 spiro atoms. The van der Waals surface area contributed by atoms with Crippen LogP contribution in [0.5, 0.6) is 0 Å². The van der Waals surface area contributed by atoms with Crippen molar-refractivity contribution in [1.29, 1.82) is 0 Å². The van der Waals surface area contributed by atoms with E-state index in [0.717, 1.165) is 0 Å². The van der Waals surface area contributed by atoms with Gasteiger partial charge in [0.25, 0.3) is 0 Å². The van der Waals surface area contributed by atoms with Crippen molar-refractivity contribution in [3.63, 3.8) is 0 Å². The average Bonchev–Trinajstić information content (AvgIpc) is 2.85. The third-order valence-electron chi connectivity index (χ3n) is 2.42. The number of nitrogens with one attached hydrogen (secondary N) is 1. The van der Waals surface area contributed by atoms with E-state index in [1.54, 1.807) is 6.07 Å². The van der Waals surface area contributed by atoms with Gasteiger partial charge in [-0.2, -0.15) is 0 Å². The van der Waals surface area contributed by atoms with Crippen LogP contribution in [-0.2, 0) is 14.3 Å². The first kappa shape index (κ1) is 14.1. The van der Waals surface area contributed by atoms with Crippen molar-refractivity contribution < 1.29 is 14.3 Å². The summed E-state index contributed by atoms with van der Waals surface area (Å²) in [5.74, 6) is 0.108. The molecule has 0 amide bonds. The molecule has 1 N–H and O–H groups in total. The molecule has 0 saturated heterocycles. The molecule has 19 heavy (non-hydrogen) atoms. The third kappa shape index (κ3) is 3.37. The topological polar surface area (TPSA) is 73.3 Å².